The molecule has 3 aliphatic heterocycles. The Morgan fingerprint density at radius 1 is 1.17 bits per heavy atom. The van der Waals surface area contributed by atoms with Crippen LogP contribution in [0.25, 0.3) is 0 Å². The van der Waals surface area contributed by atoms with Crippen molar-refractivity contribution >= 4 is 11.8 Å². The molecule has 0 bridgehead atoms. The normalized spacial score (nSPS) is 32.9. The molecule has 1 N–H and O–H groups in total. The summed E-state index contributed by atoms with van der Waals surface area (Å²) in [4.78, 5) is 28.0. The fourth-order valence-electron chi connectivity index (χ4n) is 3.36. The number of nitrogens with zero attached hydrogens (tertiary/aromatic N) is 2. The van der Waals surface area contributed by atoms with Gasteiger partial charge in [-0.2, -0.15) is 0 Å². The summed E-state index contributed by atoms with van der Waals surface area (Å²) in [6, 6.07) is 0.221. The molecule has 5 heteroatoms. The molecule has 100 valence electrons. The SMILES string of the molecule is O=C1C2CCCCN2C(=O)CN1C[C@H]1CCCN1. The van der Waals surface area contributed by atoms with Crippen LogP contribution in [0.2, 0.25) is 0 Å². The maximum Gasteiger partial charge on any atom is 0.245 e. The van der Waals surface area contributed by atoms with Crippen molar-refractivity contribution in [2.45, 2.75) is 44.2 Å². The molecule has 0 saturated carbocycles. The molecule has 2 amide bonds. The van der Waals surface area contributed by atoms with E-state index in [0.717, 1.165) is 38.8 Å². The van der Waals surface area contributed by atoms with E-state index in [0.29, 0.717) is 12.6 Å². The second-order valence-corrected chi connectivity index (χ2v) is 5.61. The molecule has 0 aromatic rings. The van der Waals surface area contributed by atoms with Crippen LogP contribution in [0.4, 0.5) is 0 Å². The van der Waals surface area contributed by atoms with Crippen molar-refractivity contribution in [1.82, 2.24) is 15.1 Å². The van der Waals surface area contributed by atoms with Crippen molar-refractivity contribution in [3.05, 3.63) is 0 Å². The summed E-state index contributed by atoms with van der Waals surface area (Å²) in [6.45, 7) is 2.80. The summed E-state index contributed by atoms with van der Waals surface area (Å²) in [7, 11) is 0. The van der Waals surface area contributed by atoms with E-state index in [2.05, 4.69) is 5.32 Å². The molecular formula is C13H21N3O2. The Labute approximate surface area is 107 Å². The van der Waals surface area contributed by atoms with Gasteiger partial charge in [0, 0.05) is 19.1 Å². The lowest BCUT2D eigenvalue weighted by Gasteiger charge is -2.43. The van der Waals surface area contributed by atoms with Gasteiger partial charge in [0.1, 0.15) is 6.04 Å². The molecular weight excluding hydrogens is 230 g/mol. The van der Waals surface area contributed by atoms with Gasteiger partial charge in [-0.25, -0.2) is 0 Å². The standard InChI is InChI=1S/C13H21N3O2/c17-12-9-15(8-10-4-3-6-14-10)13(18)11-5-1-2-7-16(11)12/h10-11,14H,1-9H2/t10-,11?/m1/s1. The minimum atomic E-state index is -0.165. The average Bonchev–Trinajstić information content (AvgIpc) is 2.89. The van der Waals surface area contributed by atoms with Crippen LogP contribution < -0.4 is 5.32 Å². The van der Waals surface area contributed by atoms with Crippen molar-refractivity contribution < 1.29 is 9.59 Å². The van der Waals surface area contributed by atoms with Crippen LogP contribution in [-0.2, 0) is 9.59 Å². The van der Waals surface area contributed by atoms with E-state index in [9.17, 15) is 9.59 Å². The van der Waals surface area contributed by atoms with Crippen molar-refractivity contribution in [2.75, 3.05) is 26.2 Å². The first-order valence-corrected chi connectivity index (χ1v) is 7.07. The molecule has 0 aromatic heterocycles. The molecule has 3 aliphatic rings. The molecule has 5 nitrogen and oxygen atoms in total. The van der Waals surface area contributed by atoms with Crippen molar-refractivity contribution in [3.8, 4) is 0 Å². The number of nitrogens with one attached hydrogen (secondary N) is 1. The largest absolute Gasteiger partial charge is 0.330 e. The van der Waals surface area contributed by atoms with Crippen LogP contribution in [0.1, 0.15) is 32.1 Å². The molecule has 0 radical (unpaired) electrons. The van der Waals surface area contributed by atoms with Crippen molar-refractivity contribution in [3.63, 3.8) is 0 Å². The van der Waals surface area contributed by atoms with Crippen LogP contribution in [0.15, 0.2) is 0 Å². The molecule has 0 spiro atoms. The molecule has 3 saturated heterocycles. The smallest absolute Gasteiger partial charge is 0.245 e. The summed E-state index contributed by atoms with van der Waals surface area (Å²) < 4.78 is 0. The van der Waals surface area contributed by atoms with E-state index < -0.39 is 0 Å². The molecule has 0 aromatic carbocycles. The van der Waals surface area contributed by atoms with Crippen molar-refractivity contribution in [2.24, 2.45) is 0 Å². The van der Waals surface area contributed by atoms with E-state index in [1.54, 1.807) is 9.80 Å². The predicted molar refractivity (Wildman–Crippen MR) is 67.0 cm³/mol. The van der Waals surface area contributed by atoms with Gasteiger partial charge in [-0.05, 0) is 38.6 Å². The highest BCUT2D eigenvalue weighted by Crippen LogP contribution is 2.23. The average molecular weight is 251 g/mol. The van der Waals surface area contributed by atoms with Gasteiger partial charge in [0.2, 0.25) is 11.8 Å². The molecule has 2 atom stereocenters. The Balaban J connectivity index is 1.68. The summed E-state index contributed by atoms with van der Waals surface area (Å²) in [5.74, 6) is 0.306. The quantitative estimate of drug-likeness (QED) is 0.749. The maximum absolute atomic E-state index is 12.4. The predicted octanol–water partition coefficient (Wildman–Crippen LogP) is -0.0383. The third-order valence-corrected chi connectivity index (χ3v) is 4.35. The van der Waals surface area contributed by atoms with Crippen LogP contribution in [0, 0.1) is 0 Å². The summed E-state index contributed by atoms with van der Waals surface area (Å²) in [6.07, 6.45) is 5.25. The number of rotatable bonds is 2. The Morgan fingerprint density at radius 2 is 2.06 bits per heavy atom. The highest BCUT2D eigenvalue weighted by atomic mass is 16.2. The number of hydrogen-bond acceptors (Lipinski definition) is 3. The maximum atomic E-state index is 12.4. The minimum Gasteiger partial charge on any atom is -0.330 e. The van der Waals surface area contributed by atoms with E-state index in [1.807, 2.05) is 0 Å². The molecule has 18 heavy (non-hydrogen) atoms. The van der Waals surface area contributed by atoms with Crippen molar-refractivity contribution in [1.29, 1.82) is 0 Å². The van der Waals surface area contributed by atoms with Crippen LogP contribution in [0.5, 0.6) is 0 Å². The van der Waals surface area contributed by atoms with Gasteiger partial charge < -0.3 is 15.1 Å². The minimum absolute atomic E-state index is 0.136. The number of carbonyl (C=O) groups excluding carboxylic acids is 2. The van der Waals surface area contributed by atoms with Gasteiger partial charge in [0.25, 0.3) is 0 Å². The molecule has 3 heterocycles. The third-order valence-electron chi connectivity index (χ3n) is 4.35. The fourth-order valence-corrected chi connectivity index (χ4v) is 3.36. The van der Waals surface area contributed by atoms with E-state index in [4.69, 9.17) is 0 Å². The fraction of sp³-hybridized carbons (Fsp3) is 0.846. The van der Waals surface area contributed by atoms with E-state index in [-0.39, 0.29) is 24.4 Å². The van der Waals surface area contributed by atoms with Crippen LogP contribution >= 0.6 is 0 Å². The number of piperidine rings is 1. The second-order valence-electron chi connectivity index (χ2n) is 5.61. The first-order valence-electron chi connectivity index (χ1n) is 7.07. The number of fused-ring (bicyclic) bond motifs is 1. The van der Waals surface area contributed by atoms with Gasteiger partial charge >= 0.3 is 0 Å². The number of piperazine rings is 1. The van der Waals surface area contributed by atoms with Gasteiger partial charge in [-0.1, -0.05) is 0 Å². The van der Waals surface area contributed by atoms with Crippen LogP contribution in [0.3, 0.4) is 0 Å². The lowest BCUT2D eigenvalue weighted by Crippen LogP contribution is -2.62. The van der Waals surface area contributed by atoms with E-state index in [1.165, 1.54) is 6.42 Å². The number of amides is 2. The van der Waals surface area contributed by atoms with Gasteiger partial charge in [-0.3, -0.25) is 9.59 Å². The first kappa shape index (κ1) is 12.0. The molecule has 0 aliphatic carbocycles. The Bertz CT molecular complexity index is 352. The van der Waals surface area contributed by atoms with Gasteiger partial charge in [0.15, 0.2) is 0 Å². The third kappa shape index (κ3) is 2.11. The zero-order valence-corrected chi connectivity index (χ0v) is 10.7. The summed E-state index contributed by atoms with van der Waals surface area (Å²) in [5, 5.41) is 3.39. The summed E-state index contributed by atoms with van der Waals surface area (Å²) in [5.41, 5.74) is 0. The molecule has 3 rings (SSSR count). The lowest BCUT2D eigenvalue weighted by molar-refractivity contribution is -0.158. The van der Waals surface area contributed by atoms with Gasteiger partial charge in [0.05, 0.1) is 6.54 Å². The summed E-state index contributed by atoms with van der Waals surface area (Å²) >= 11 is 0. The monoisotopic (exact) mass is 251 g/mol. The lowest BCUT2D eigenvalue weighted by atomic mass is 9.98. The zero-order valence-electron chi connectivity index (χ0n) is 10.7. The highest BCUT2D eigenvalue weighted by molar-refractivity contribution is 5.95. The topological polar surface area (TPSA) is 52.7 Å². The van der Waals surface area contributed by atoms with Crippen LogP contribution in [-0.4, -0.2) is 59.9 Å². The zero-order chi connectivity index (χ0) is 12.5. The number of carbonyl (C=O) groups is 2. The Hall–Kier alpha value is -1.10. The Kier molecular flexibility index (Phi) is 3.24. The Morgan fingerprint density at radius 3 is 2.83 bits per heavy atom. The number of hydrogen-bond donors (Lipinski definition) is 1. The highest BCUT2D eigenvalue weighted by Gasteiger charge is 2.40. The van der Waals surface area contributed by atoms with Gasteiger partial charge in [-0.15, -0.1) is 0 Å². The first-order chi connectivity index (χ1) is 8.75. The molecule has 1 unspecified atom stereocenters. The second kappa shape index (κ2) is 4.88. The molecule has 3 fully saturated rings. The van der Waals surface area contributed by atoms with E-state index >= 15 is 0 Å².